The van der Waals surface area contributed by atoms with E-state index in [1.807, 2.05) is 0 Å². The number of hydrogen-bond acceptors (Lipinski definition) is 2. The molecule has 1 heterocycles. The van der Waals surface area contributed by atoms with Crippen molar-refractivity contribution in [2.24, 2.45) is 0 Å². The van der Waals surface area contributed by atoms with Crippen LogP contribution in [-0.2, 0) is 0 Å². The van der Waals surface area contributed by atoms with Gasteiger partial charge >= 0.3 is 0 Å². The van der Waals surface area contributed by atoms with Gasteiger partial charge in [-0.2, -0.15) is 0 Å². The average Bonchev–Trinajstić information content (AvgIpc) is 2.20. The van der Waals surface area contributed by atoms with Crippen molar-refractivity contribution < 1.29 is 0 Å². The van der Waals surface area contributed by atoms with E-state index >= 15 is 0 Å². The Kier molecular flexibility index (Phi) is 5.83. The first-order valence-corrected chi connectivity index (χ1v) is 6.33. The van der Waals surface area contributed by atoms with Crippen LogP contribution in [0, 0.1) is 0 Å². The van der Waals surface area contributed by atoms with Crippen LogP contribution >= 0.6 is 11.6 Å². The molecule has 0 radical (unpaired) electrons. The van der Waals surface area contributed by atoms with Crippen LogP contribution in [0.15, 0.2) is 0 Å². The molecule has 0 aliphatic carbocycles. The lowest BCUT2D eigenvalue weighted by Crippen LogP contribution is -2.49. The summed E-state index contributed by atoms with van der Waals surface area (Å²) in [7, 11) is 0. The molecule has 0 aromatic heterocycles. The molecule has 1 unspecified atom stereocenters. The van der Waals surface area contributed by atoms with E-state index in [0.29, 0.717) is 0 Å². The minimum Gasteiger partial charge on any atom is -0.300 e. The van der Waals surface area contributed by atoms with Crippen LogP contribution in [0.3, 0.4) is 0 Å². The molecule has 2 nitrogen and oxygen atoms in total. The molecule has 0 amide bonds. The van der Waals surface area contributed by atoms with Gasteiger partial charge in [0.15, 0.2) is 0 Å². The maximum absolute atomic E-state index is 5.73. The lowest BCUT2D eigenvalue weighted by molar-refractivity contribution is 0.102. The molecule has 0 spiro atoms. The molecular weight excluding hydrogens is 196 g/mol. The zero-order valence-electron chi connectivity index (χ0n) is 9.51. The van der Waals surface area contributed by atoms with Crippen LogP contribution in [0.2, 0.25) is 0 Å². The largest absolute Gasteiger partial charge is 0.300 e. The molecule has 1 fully saturated rings. The molecule has 0 aromatic carbocycles. The lowest BCUT2D eigenvalue weighted by Gasteiger charge is -2.37. The van der Waals surface area contributed by atoms with Crippen molar-refractivity contribution in [3.63, 3.8) is 0 Å². The lowest BCUT2D eigenvalue weighted by atomic mass is 10.1. The Labute approximate surface area is 93.2 Å². The summed E-state index contributed by atoms with van der Waals surface area (Å²) in [5.74, 6) is 0.768. The van der Waals surface area contributed by atoms with Gasteiger partial charge < -0.3 is 0 Å². The smallest absolute Gasteiger partial charge is 0.0351 e. The van der Waals surface area contributed by atoms with Gasteiger partial charge in [-0.1, -0.05) is 13.3 Å². The Morgan fingerprint density at radius 3 is 2.36 bits per heavy atom. The van der Waals surface area contributed by atoms with Crippen LogP contribution < -0.4 is 0 Å². The number of halogens is 1. The van der Waals surface area contributed by atoms with E-state index in [0.717, 1.165) is 18.5 Å². The van der Waals surface area contributed by atoms with Crippen molar-refractivity contribution >= 4 is 11.6 Å². The van der Waals surface area contributed by atoms with Gasteiger partial charge in [-0.25, -0.2) is 0 Å². The summed E-state index contributed by atoms with van der Waals surface area (Å²) in [6.07, 6.45) is 2.62. The fourth-order valence-corrected chi connectivity index (χ4v) is 2.39. The molecule has 84 valence electrons. The Balaban J connectivity index is 2.21. The third kappa shape index (κ3) is 3.76. The second-order valence-corrected chi connectivity index (χ2v) is 4.58. The highest BCUT2D eigenvalue weighted by atomic mass is 35.5. The predicted octanol–water partition coefficient (Wildman–Crippen LogP) is 2.03. The summed E-state index contributed by atoms with van der Waals surface area (Å²) in [6.45, 7) is 10.5. The molecule has 0 saturated carbocycles. The summed E-state index contributed by atoms with van der Waals surface area (Å²) in [5.41, 5.74) is 0. The van der Waals surface area contributed by atoms with E-state index in [4.69, 9.17) is 11.6 Å². The average molecular weight is 219 g/mol. The topological polar surface area (TPSA) is 6.48 Å². The normalized spacial score (nSPS) is 22.5. The van der Waals surface area contributed by atoms with E-state index in [2.05, 4.69) is 23.6 Å². The van der Waals surface area contributed by atoms with E-state index < -0.39 is 0 Å². The zero-order chi connectivity index (χ0) is 10.4. The summed E-state index contributed by atoms with van der Waals surface area (Å²) in [5, 5.41) is 0. The SMILES string of the molecule is CCCC(C)N1CCN(CCCl)CC1. The first kappa shape index (κ1) is 12.3. The molecule has 3 heteroatoms. The van der Waals surface area contributed by atoms with Crippen LogP contribution in [0.1, 0.15) is 26.7 Å². The molecule has 1 rings (SSSR count). The second kappa shape index (κ2) is 6.65. The van der Waals surface area contributed by atoms with Gasteiger partial charge in [0.05, 0.1) is 0 Å². The van der Waals surface area contributed by atoms with Gasteiger partial charge in [0.1, 0.15) is 0 Å². The predicted molar refractivity (Wildman–Crippen MR) is 63.1 cm³/mol. The van der Waals surface area contributed by atoms with Crippen LogP contribution in [-0.4, -0.2) is 54.4 Å². The summed E-state index contributed by atoms with van der Waals surface area (Å²) in [4.78, 5) is 5.07. The third-order valence-corrected chi connectivity index (χ3v) is 3.31. The monoisotopic (exact) mass is 218 g/mol. The molecule has 1 saturated heterocycles. The fraction of sp³-hybridized carbons (Fsp3) is 1.00. The second-order valence-electron chi connectivity index (χ2n) is 4.20. The van der Waals surface area contributed by atoms with E-state index in [-0.39, 0.29) is 0 Å². The molecule has 0 N–H and O–H groups in total. The number of alkyl halides is 1. The Bertz CT molecular complexity index is 144. The highest BCUT2D eigenvalue weighted by molar-refractivity contribution is 6.18. The Morgan fingerprint density at radius 2 is 1.86 bits per heavy atom. The minimum atomic E-state index is 0.762. The molecule has 0 bridgehead atoms. The molecular formula is C11H23ClN2. The molecule has 1 atom stereocenters. The van der Waals surface area contributed by atoms with Gasteiger partial charge in [-0.15, -0.1) is 11.6 Å². The van der Waals surface area contributed by atoms with Crippen molar-refractivity contribution in [1.82, 2.24) is 9.80 Å². The van der Waals surface area contributed by atoms with Crippen molar-refractivity contribution in [1.29, 1.82) is 0 Å². The van der Waals surface area contributed by atoms with Gasteiger partial charge in [0.2, 0.25) is 0 Å². The number of piperazine rings is 1. The maximum atomic E-state index is 5.73. The summed E-state index contributed by atoms with van der Waals surface area (Å²) >= 11 is 5.73. The quantitative estimate of drug-likeness (QED) is 0.652. The Hall–Kier alpha value is 0.210. The highest BCUT2D eigenvalue weighted by Gasteiger charge is 2.19. The van der Waals surface area contributed by atoms with Crippen LogP contribution in [0.25, 0.3) is 0 Å². The minimum absolute atomic E-state index is 0.762. The number of nitrogens with zero attached hydrogens (tertiary/aromatic N) is 2. The first-order valence-electron chi connectivity index (χ1n) is 5.80. The van der Waals surface area contributed by atoms with Crippen molar-refractivity contribution in [2.75, 3.05) is 38.6 Å². The van der Waals surface area contributed by atoms with Crippen molar-refractivity contribution in [3.8, 4) is 0 Å². The van der Waals surface area contributed by atoms with Crippen LogP contribution in [0.4, 0.5) is 0 Å². The van der Waals surface area contributed by atoms with E-state index in [1.54, 1.807) is 0 Å². The van der Waals surface area contributed by atoms with Gasteiger partial charge in [-0.3, -0.25) is 9.80 Å². The molecule has 1 aliphatic rings. The summed E-state index contributed by atoms with van der Waals surface area (Å²) < 4.78 is 0. The van der Waals surface area contributed by atoms with Crippen molar-refractivity contribution in [2.45, 2.75) is 32.7 Å². The van der Waals surface area contributed by atoms with Gasteiger partial charge in [0.25, 0.3) is 0 Å². The highest BCUT2D eigenvalue weighted by Crippen LogP contribution is 2.10. The van der Waals surface area contributed by atoms with Gasteiger partial charge in [0, 0.05) is 44.6 Å². The maximum Gasteiger partial charge on any atom is 0.0351 e. The zero-order valence-corrected chi connectivity index (χ0v) is 10.3. The molecule has 0 aromatic rings. The van der Waals surface area contributed by atoms with Gasteiger partial charge in [-0.05, 0) is 13.3 Å². The van der Waals surface area contributed by atoms with Crippen molar-refractivity contribution in [3.05, 3.63) is 0 Å². The Morgan fingerprint density at radius 1 is 1.21 bits per heavy atom. The fourth-order valence-electron chi connectivity index (χ4n) is 2.15. The first-order chi connectivity index (χ1) is 6.77. The number of rotatable bonds is 5. The third-order valence-electron chi connectivity index (χ3n) is 3.14. The van der Waals surface area contributed by atoms with Crippen LogP contribution in [0.5, 0.6) is 0 Å². The number of hydrogen-bond donors (Lipinski definition) is 0. The molecule has 1 aliphatic heterocycles. The van der Waals surface area contributed by atoms with E-state index in [1.165, 1.54) is 39.0 Å². The summed E-state index contributed by atoms with van der Waals surface area (Å²) in [6, 6.07) is 0.762. The molecule has 14 heavy (non-hydrogen) atoms. The van der Waals surface area contributed by atoms with E-state index in [9.17, 15) is 0 Å². The standard InChI is InChI=1S/C11H23ClN2/c1-3-4-11(2)14-9-7-13(6-5-12)8-10-14/h11H,3-10H2,1-2H3.